The third-order valence-corrected chi connectivity index (χ3v) is 5.54. The van der Waals surface area contributed by atoms with E-state index in [0.29, 0.717) is 10.4 Å². The van der Waals surface area contributed by atoms with Crippen LogP contribution in [0.25, 0.3) is 0 Å². The van der Waals surface area contributed by atoms with Crippen LogP contribution in [0.2, 0.25) is 0 Å². The number of furan rings is 1. The van der Waals surface area contributed by atoms with Gasteiger partial charge in [0, 0.05) is 12.6 Å². The maximum atomic E-state index is 12.5. The van der Waals surface area contributed by atoms with Gasteiger partial charge in [-0.25, -0.2) is 8.42 Å². The number of methoxy groups -OCH3 is 1. The molecule has 1 atom stereocenters. The van der Waals surface area contributed by atoms with Crippen LogP contribution in [0.15, 0.2) is 50.6 Å². The Hall–Kier alpha value is -1.31. The second kappa shape index (κ2) is 6.21. The van der Waals surface area contributed by atoms with E-state index < -0.39 is 16.1 Å². The molecule has 1 aromatic heterocycles. The van der Waals surface area contributed by atoms with Gasteiger partial charge in [0.15, 0.2) is 4.67 Å². The van der Waals surface area contributed by atoms with Crippen molar-refractivity contribution < 1.29 is 17.6 Å². The summed E-state index contributed by atoms with van der Waals surface area (Å²) in [6.07, 6.45) is 0. The van der Waals surface area contributed by atoms with Crippen molar-refractivity contribution in [2.75, 3.05) is 14.2 Å². The van der Waals surface area contributed by atoms with E-state index in [2.05, 4.69) is 15.9 Å². The van der Waals surface area contributed by atoms with Crippen LogP contribution < -0.4 is 4.74 Å². The van der Waals surface area contributed by atoms with Crippen molar-refractivity contribution in [3.63, 3.8) is 0 Å². The van der Waals surface area contributed by atoms with E-state index in [4.69, 9.17) is 9.15 Å². The van der Waals surface area contributed by atoms with Crippen molar-refractivity contribution in [3.8, 4) is 5.75 Å². The van der Waals surface area contributed by atoms with Gasteiger partial charge >= 0.3 is 0 Å². The Labute approximate surface area is 132 Å². The highest BCUT2D eigenvalue weighted by Crippen LogP contribution is 2.32. The van der Waals surface area contributed by atoms with Gasteiger partial charge in [0.05, 0.1) is 13.2 Å². The molecule has 0 aliphatic carbocycles. The summed E-state index contributed by atoms with van der Waals surface area (Å²) in [6, 6.07) is 9.91. The van der Waals surface area contributed by atoms with Gasteiger partial charge in [0.1, 0.15) is 5.75 Å². The Morgan fingerprint density at radius 1 is 1.24 bits per heavy atom. The average Bonchev–Trinajstić information content (AvgIpc) is 2.93. The molecule has 0 saturated carbocycles. The second-order valence-electron chi connectivity index (χ2n) is 4.50. The molecule has 21 heavy (non-hydrogen) atoms. The van der Waals surface area contributed by atoms with Crippen LogP contribution in [0.5, 0.6) is 5.75 Å². The van der Waals surface area contributed by atoms with Crippen LogP contribution in [-0.2, 0) is 10.0 Å². The lowest BCUT2D eigenvalue weighted by Gasteiger charge is -2.24. The number of benzene rings is 1. The molecule has 0 aliphatic rings. The molecule has 7 heteroatoms. The Balaban J connectivity index is 2.37. The Morgan fingerprint density at radius 3 is 2.48 bits per heavy atom. The molecule has 0 amide bonds. The van der Waals surface area contributed by atoms with Gasteiger partial charge in [-0.05, 0) is 41.1 Å². The molecular formula is C14H16BrNO4S. The number of rotatable bonds is 5. The lowest BCUT2D eigenvalue weighted by molar-refractivity contribution is 0.350. The van der Waals surface area contributed by atoms with Crippen LogP contribution in [0, 0.1) is 0 Å². The summed E-state index contributed by atoms with van der Waals surface area (Å²) in [5, 5.41) is -0.0985. The van der Waals surface area contributed by atoms with Crippen LogP contribution in [-0.4, -0.2) is 26.9 Å². The number of nitrogens with zero attached hydrogens (tertiary/aromatic N) is 1. The lowest BCUT2D eigenvalue weighted by atomic mass is 10.1. The maximum Gasteiger partial charge on any atom is 0.276 e. The Morgan fingerprint density at radius 2 is 1.90 bits per heavy atom. The molecule has 5 nitrogen and oxygen atoms in total. The highest BCUT2D eigenvalue weighted by Gasteiger charge is 2.30. The van der Waals surface area contributed by atoms with E-state index in [0.717, 1.165) is 5.56 Å². The van der Waals surface area contributed by atoms with Crippen LogP contribution in [0.4, 0.5) is 0 Å². The minimum Gasteiger partial charge on any atom is -0.496 e. The smallest absolute Gasteiger partial charge is 0.276 e. The van der Waals surface area contributed by atoms with E-state index in [9.17, 15) is 8.42 Å². The first-order chi connectivity index (χ1) is 9.87. The molecule has 0 spiro atoms. The number of sulfonamides is 1. The average molecular weight is 374 g/mol. The molecule has 1 aromatic carbocycles. The minimum absolute atomic E-state index is 0.0985. The van der Waals surface area contributed by atoms with E-state index >= 15 is 0 Å². The van der Waals surface area contributed by atoms with E-state index in [1.165, 1.54) is 17.4 Å². The zero-order valence-corrected chi connectivity index (χ0v) is 14.3. The van der Waals surface area contributed by atoms with Crippen molar-refractivity contribution in [1.82, 2.24) is 4.31 Å². The summed E-state index contributed by atoms with van der Waals surface area (Å²) in [4.78, 5) is 0. The van der Waals surface area contributed by atoms with Gasteiger partial charge in [-0.2, -0.15) is 4.31 Å². The fourth-order valence-corrected chi connectivity index (χ4v) is 3.66. The summed E-state index contributed by atoms with van der Waals surface area (Å²) >= 11 is 3.11. The Bertz CT molecular complexity index is 726. The van der Waals surface area contributed by atoms with Gasteiger partial charge in [-0.1, -0.05) is 18.2 Å². The monoisotopic (exact) mass is 373 g/mol. The van der Waals surface area contributed by atoms with Gasteiger partial charge in [-0.15, -0.1) is 0 Å². The molecule has 114 valence electrons. The fourth-order valence-electron chi connectivity index (χ4n) is 1.99. The molecule has 2 aromatic rings. The molecule has 0 N–H and O–H groups in total. The molecule has 0 saturated heterocycles. The molecule has 0 radical (unpaired) electrons. The first kappa shape index (κ1) is 16.1. The van der Waals surface area contributed by atoms with E-state index in [1.54, 1.807) is 26.2 Å². The van der Waals surface area contributed by atoms with Crippen LogP contribution >= 0.6 is 15.9 Å². The van der Waals surface area contributed by atoms with Crippen LogP contribution in [0.3, 0.4) is 0 Å². The largest absolute Gasteiger partial charge is 0.496 e. The van der Waals surface area contributed by atoms with E-state index in [-0.39, 0.29) is 5.09 Å². The molecule has 1 heterocycles. The summed E-state index contributed by atoms with van der Waals surface area (Å²) in [5.74, 6) is 0.646. The zero-order chi connectivity index (χ0) is 15.6. The highest BCUT2D eigenvalue weighted by molar-refractivity contribution is 9.10. The lowest BCUT2D eigenvalue weighted by Crippen LogP contribution is -2.29. The van der Waals surface area contributed by atoms with Crippen LogP contribution in [0.1, 0.15) is 18.5 Å². The summed E-state index contributed by atoms with van der Waals surface area (Å²) < 4.78 is 37.1. The number of ether oxygens (including phenoxy) is 1. The molecular weight excluding hydrogens is 358 g/mol. The van der Waals surface area contributed by atoms with Crippen molar-refractivity contribution >= 4 is 26.0 Å². The minimum atomic E-state index is -3.71. The van der Waals surface area contributed by atoms with Gasteiger partial charge in [0.2, 0.25) is 5.09 Å². The SMILES string of the molecule is COc1ccccc1[C@H](C)N(C)S(=O)(=O)c1ccc(Br)o1. The molecule has 2 rings (SSSR count). The highest BCUT2D eigenvalue weighted by atomic mass is 79.9. The third-order valence-electron chi connectivity index (χ3n) is 3.32. The predicted octanol–water partition coefficient (Wildman–Crippen LogP) is 3.43. The summed E-state index contributed by atoms with van der Waals surface area (Å²) in [7, 11) is -0.633. The zero-order valence-electron chi connectivity index (χ0n) is 11.9. The first-order valence-corrected chi connectivity index (χ1v) is 8.47. The summed E-state index contributed by atoms with van der Waals surface area (Å²) in [6.45, 7) is 1.80. The fraction of sp³-hybridized carbons (Fsp3) is 0.286. The maximum absolute atomic E-state index is 12.5. The quantitative estimate of drug-likeness (QED) is 0.805. The molecule has 0 unspecified atom stereocenters. The standard InChI is InChI=1S/C14H16BrNO4S/c1-10(11-6-4-5-7-12(11)19-3)16(2)21(17,18)14-9-8-13(15)20-14/h4-10H,1-3H3/t10-/m0/s1. The Kier molecular flexibility index (Phi) is 4.75. The topological polar surface area (TPSA) is 59.8 Å². The van der Waals surface area contributed by atoms with Crippen molar-refractivity contribution in [3.05, 3.63) is 46.6 Å². The normalized spacial score (nSPS) is 13.4. The number of para-hydroxylation sites is 1. The van der Waals surface area contributed by atoms with Crippen molar-refractivity contribution in [2.45, 2.75) is 18.1 Å². The molecule has 0 aliphatic heterocycles. The van der Waals surface area contributed by atoms with Gasteiger partial charge in [0.25, 0.3) is 10.0 Å². The van der Waals surface area contributed by atoms with Gasteiger partial charge < -0.3 is 9.15 Å². The summed E-state index contributed by atoms with van der Waals surface area (Å²) in [5.41, 5.74) is 0.789. The molecule has 0 bridgehead atoms. The first-order valence-electron chi connectivity index (χ1n) is 6.24. The third kappa shape index (κ3) is 3.14. The van der Waals surface area contributed by atoms with Crippen molar-refractivity contribution in [2.24, 2.45) is 0 Å². The van der Waals surface area contributed by atoms with E-state index in [1.807, 2.05) is 18.2 Å². The number of halogens is 1. The van der Waals surface area contributed by atoms with Gasteiger partial charge in [-0.3, -0.25) is 0 Å². The second-order valence-corrected chi connectivity index (χ2v) is 7.21. The number of hydrogen-bond donors (Lipinski definition) is 0. The molecule has 0 fully saturated rings. The predicted molar refractivity (Wildman–Crippen MR) is 82.8 cm³/mol. The van der Waals surface area contributed by atoms with Crippen molar-refractivity contribution in [1.29, 1.82) is 0 Å². The number of hydrogen-bond acceptors (Lipinski definition) is 4.